The number of hydrogen-bond acceptors (Lipinski definition) is 14. The van der Waals surface area contributed by atoms with Gasteiger partial charge in [0.25, 0.3) is 10.1 Å². The summed E-state index contributed by atoms with van der Waals surface area (Å²) in [7, 11) is -4.85. The van der Waals surface area contributed by atoms with Crippen LogP contribution in [-0.4, -0.2) is 50.6 Å². The number of carbonyl (C=O) groups is 2. The molecule has 0 heterocycles. The quantitative estimate of drug-likeness (QED) is 0.0329. The Kier molecular flexibility index (Phi) is 9.63. The average molecular weight is 643 g/mol. The van der Waals surface area contributed by atoms with Gasteiger partial charge in [0, 0.05) is 0 Å². The molecule has 0 fully saturated rings. The van der Waals surface area contributed by atoms with Gasteiger partial charge in [-0.15, -0.1) is 14.6 Å². The van der Waals surface area contributed by atoms with Crippen molar-refractivity contribution < 1.29 is 57.6 Å². The minimum Gasteiger partial charge on any atom is -0.507 e. The van der Waals surface area contributed by atoms with Gasteiger partial charge in [-0.3, -0.25) is 4.55 Å². The van der Waals surface area contributed by atoms with E-state index in [0.29, 0.717) is 17.6 Å². The molecule has 16 nitrogen and oxygen atoms in total. The van der Waals surface area contributed by atoms with Crippen molar-refractivity contribution in [2.24, 2.45) is 20.5 Å². The summed E-state index contributed by atoms with van der Waals surface area (Å²) >= 11 is 0.503. The van der Waals surface area contributed by atoms with E-state index in [1.54, 1.807) is 0 Å². The molecular weight excluding hydrogens is 624 g/mol. The van der Waals surface area contributed by atoms with E-state index in [1.165, 1.54) is 42.5 Å². The zero-order valence-electron chi connectivity index (χ0n) is 21.7. The lowest BCUT2D eigenvalue weighted by Crippen LogP contribution is -1.99. The summed E-state index contributed by atoms with van der Waals surface area (Å²) in [5.41, 5.74) is -0.286. The van der Waals surface area contributed by atoms with E-state index < -0.39 is 49.6 Å². The monoisotopic (exact) mass is 642 g/mol. The number of hydrogen-bond donors (Lipinski definition) is 6. The molecule has 0 aliphatic heterocycles. The molecule has 226 valence electrons. The number of aromatic carboxylic acids is 2. The number of azo groups is 2. The highest BCUT2D eigenvalue weighted by Gasteiger charge is 2.19. The summed E-state index contributed by atoms with van der Waals surface area (Å²) in [5.74, 6) is -3.77. The number of rotatable bonds is 11. The van der Waals surface area contributed by atoms with E-state index in [-0.39, 0.29) is 33.2 Å². The zero-order valence-corrected chi connectivity index (χ0v) is 23.3. The van der Waals surface area contributed by atoms with Crippen LogP contribution in [0, 0.1) is 0 Å². The second kappa shape index (κ2) is 13.4. The van der Waals surface area contributed by atoms with Gasteiger partial charge in [0.1, 0.15) is 38.9 Å². The maximum absolute atomic E-state index is 12.2. The lowest BCUT2D eigenvalue weighted by Gasteiger charge is -2.09. The number of aromatic hydroxyl groups is 2. The van der Waals surface area contributed by atoms with Gasteiger partial charge in [0.2, 0.25) is 0 Å². The molecule has 0 saturated heterocycles. The summed E-state index contributed by atoms with van der Waals surface area (Å²) in [6.07, 6.45) is 0. The smallest absolute Gasteiger partial charge is 0.339 e. The van der Waals surface area contributed by atoms with Crippen LogP contribution in [0.5, 0.6) is 11.5 Å². The summed E-state index contributed by atoms with van der Waals surface area (Å²) in [5, 5.41) is 65.6. The minimum atomic E-state index is -4.85. The Bertz CT molecular complexity index is 1930. The number of benzene rings is 4. The SMILES string of the molecule is O=C(O)c1cc(/N=N/c2ccc(-c3ccc(/N=N/c4ccc(O)c(C(=O)O)c4)c(S(=O)(=O)O)c3)cc2SOOO)ccc1O. The van der Waals surface area contributed by atoms with E-state index in [4.69, 9.17) is 10.4 Å². The van der Waals surface area contributed by atoms with Crippen LogP contribution in [0.4, 0.5) is 22.7 Å². The fourth-order valence-corrected chi connectivity index (χ4v) is 4.74. The molecule has 4 aromatic carbocycles. The molecule has 4 aromatic rings. The summed E-state index contributed by atoms with van der Waals surface area (Å²) in [6.45, 7) is 0. The normalized spacial score (nSPS) is 11.8. The van der Waals surface area contributed by atoms with E-state index in [0.717, 1.165) is 30.3 Å². The number of phenols is 2. The molecule has 0 atom stereocenters. The first-order valence-corrected chi connectivity index (χ1v) is 13.9. The van der Waals surface area contributed by atoms with Crippen molar-refractivity contribution in [3.05, 3.63) is 83.9 Å². The van der Waals surface area contributed by atoms with Crippen molar-refractivity contribution in [2.75, 3.05) is 0 Å². The molecule has 44 heavy (non-hydrogen) atoms. The lowest BCUT2D eigenvalue weighted by molar-refractivity contribution is -0.432. The van der Waals surface area contributed by atoms with Crippen LogP contribution in [0.15, 0.2) is 103 Å². The summed E-state index contributed by atoms with van der Waals surface area (Å²) in [6, 6.07) is 15.1. The number of nitrogens with zero attached hydrogens (tertiary/aromatic N) is 4. The van der Waals surface area contributed by atoms with Crippen LogP contribution in [0.2, 0.25) is 0 Å². The molecule has 0 aliphatic carbocycles. The van der Waals surface area contributed by atoms with Crippen LogP contribution in [0.25, 0.3) is 11.1 Å². The van der Waals surface area contributed by atoms with Gasteiger partial charge >= 0.3 is 11.9 Å². The Morgan fingerprint density at radius 2 is 1.18 bits per heavy atom. The molecule has 0 bridgehead atoms. The van der Waals surface area contributed by atoms with Gasteiger partial charge in [-0.1, -0.05) is 17.2 Å². The second-order valence-electron chi connectivity index (χ2n) is 8.48. The highest BCUT2D eigenvalue weighted by atomic mass is 32.2. The first-order chi connectivity index (χ1) is 20.9. The zero-order chi connectivity index (χ0) is 32.0. The third-order valence-electron chi connectivity index (χ3n) is 5.65. The minimum absolute atomic E-state index is 0.0189. The van der Waals surface area contributed by atoms with E-state index in [9.17, 15) is 37.9 Å². The Balaban J connectivity index is 1.70. The Morgan fingerprint density at radius 1 is 0.682 bits per heavy atom. The molecule has 0 spiro atoms. The van der Waals surface area contributed by atoms with E-state index >= 15 is 0 Å². The fraction of sp³-hybridized carbons (Fsp3) is 0. The van der Waals surface area contributed by atoms with Gasteiger partial charge in [-0.05, 0) is 71.8 Å². The van der Waals surface area contributed by atoms with Crippen LogP contribution in [0.1, 0.15) is 20.7 Å². The van der Waals surface area contributed by atoms with Gasteiger partial charge in [-0.25, -0.2) is 14.8 Å². The predicted octanol–water partition coefficient (Wildman–Crippen LogP) is 6.67. The predicted molar refractivity (Wildman–Crippen MR) is 151 cm³/mol. The Hall–Kier alpha value is -5.24. The summed E-state index contributed by atoms with van der Waals surface area (Å²) in [4.78, 5) is 22.1. The summed E-state index contributed by atoms with van der Waals surface area (Å²) < 4.78 is 38.8. The molecular formula is C26H18N4O12S2. The van der Waals surface area contributed by atoms with Crippen LogP contribution in [-0.2, 0) is 19.5 Å². The lowest BCUT2D eigenvalue weighted by atomic mass is 10.0. The van der Waals surface area contributed by atoms with Crippen molar-refractivity contribution in [3.8, 4) is 22.6 Å². The maximum atomic E-state index is 12.2. The molecule has 18 heteroatoms. The molecule has 0 amide bonds. The fourth-order valence-electron chi connectivity index (χ4n) is 3.62. The topological polar surface area (TPSA) is 258 Å². The maximum Gasteiger partial charge on any atom is 0.339 e. The van der Waals surface area contributed by atoms with Gasteiger partial charge in [-0.2, -0.15) is 18.6 Å². The third kappa shape index (κ3) is 7.58. The first-order valence-electron chi connectivity index (χ1n) is 11.7. The third-order valence-corrected chi connectivity index (χ3v) is 7.17. The van der Waals surface area contributed by atoms with Gasteiger partial charge in [0.05, 0.1) is 28.3 Å². The molecule has 0 radical (unpaired) electrons. The number of carboxylic acid groups (broad SMARTS) is 2. The Labute approximate surface area is 251 Å². The van der Waals surface area contributed by atoms with Crippen molar-refractivity contribution in [1.29, 1.82) is 0 Å². The van der Waals surface area contributed by atoms with Crippen molar-refractivity contribution in [3.63, 3.8) is 0 Å². The van der Waals surface area contributed by atoms with Gasteiger partial charge in [0.15, 0.2) is 0 Å². The van der Waals surface area contributed by atoms with Crippen molar-refractivity contribution >= 4 is 56.8 Å². The number of carboxylic acids is 2. The second-order valence-corrected chi connectivity index (χ2v) is 10.6. The highest BCUT2D eigenvalue weighted by Crippen LogP contribution is 2.38. The van der Waals surface area contributed by atoms with Crippen LogP contribution >= 0.6 is 12.0 Å². The molecule has 0 aromatic heterocycles. The molecule has 0 saturated carbocycles. The van der Waals surface area contributed by atoms with E-state index in [1.807, 2.05) is 0 Å². The molecule has 0 unspecified atom stereocenters. The molecule has 6 N–H and O–H groups in total. The standard InChI is InChI=1S/C26H18N4O12S2/c31-21-7-3-15(11-17(21)25(33)34)27-29-19-5-1-13(9-23(19)43-42-41-37)14-2-6-20(24(10-14)44(38,39)40)30-28-16-4-8-22(32)18(12-16)26(35)36/h1-12,31-32,37H,(H,33,34)(H,35,36)(H,38,39,40)/b29-27+,30-28+. The first kappa shape index (κ1) is 31.7. The largest absolute Gasteiger partial charge is 0.507 e. The van der Waals surface area contributed by atoms with E-state index in [2.05, 4.69) is 29.8 Å². The van der Waals surface area contributed by atoms with Crippen LogP contribution in [0.3, 0.4) is 0 Å². The van der Waals surface area contributed by atoms with Gasteiger partial charge < -0.3 is 20.4 Å². The highest BCUT2D eigenvalue weighted by molar-refractivity contribution is 7.94. The molecule has 4 rings (SSSR count). The van der Waals surface area contributed by atoms with Crippen molar-refractivity contribution in [2.45, 2.75) is 9.79 Å². The molecule has 0 aliphatic rings. The van der Waals surface area contributed by atoms with Crippen LogP contribution < -0.4 is 0 Å². The Morgan fingerprint density at radius 3 is 1.68 bits per heavy atom. The average Bonchev–Trinajstić information content (AvgIpc) is 2.98. The van der Waals surface area contributed by atoms with Crippen molar-refractivity contribution in [1.82, 2.24) is 0 Å².